The van der Waals surface area contributed by atoms with Gasteiger partial charge in [-0.2, -0.15) is 4.98 Å². The Balaban J connectivity index is 2.79. The van der Waals surface area contributed by atoms with Crippen LogP contribution in [0.25, 0.3) is 0 Å². The number of nitrogens with zero attached hydrogens (tertiary/aromatic N) is 2. The van der Waals surface area contributed by atoms with Crippen LogP contribution in [-0.4, -0.2) is 10.1 Å². The van der Waals surface area contributed by atoms with Crippen molar-refractivity contribution in [1.82, 2.24) is 10.1 Å². The Morgan fingerprint density at radius 1 is 1.23 bits per heavy atom. The zero-order valence-corrected chi connectivity index (χ0v) is 8.61. The molecule has 0 fully saturated rings. The minimum atomic E-state index is -0.156. The van der Waals surface area contributed by atoms with Crippen LogP contribution >= 0.6 is 0 Å². The van der Waals surface area contributed by atoms with Gasteiger partial charge in [0, 0.05) is 5.92 Å². The lowest BCUT2D eigenvalue weighted by atomic mass is 9.98. The van der Waals surface area contributed by atoms with Crippen LogP contribution < -0.4 is 5.73 Å². The maximum absolute atomic E-state index is 5.62. The van der Waals surface area contributed by atoms with Crippen molar-refractivity contribution in [2.45, 2.75) is 39.7 Å². The second kappa shape index (κ2) is 3.87. The van der Waals surface area contributed by atoms with Gasteiger partial charge in [-0.1, -0.05) is 25.9 Å². The summed E-state index contributed by atoms with van der Waals surface area (Å²) in [6, 6.07) is -0.156. The molecule has 0 aliphatic heterocycles. The maximum Gasteiger partial charge on any atom is 0.229 e. The largest absolute Gasteiger partial charge is 0.339 e. The lowest BCUT2D eigenvalue weighted by Gasteiger charge is -2.08. The molecular formula is C9H17N3O. The van der Waals surface area contributed by atoms with Gasteiger partial charge < -0.3 is 10.3 Å². The van der Waals surface area contributed by atoms with Crippen LogP contribution in [0.2, 0.25) is 0 Å². The second-order valence-corrected chi connectivity index (χ2v) is 3.81. The van der Waals surface area contributed by atoms with Gasteiger partial charge in [-0.05, 0) is 12.8 Å². The van der Waals surface area contributed by atoms with Gasteiger partial charge in [-0.3, -0.25) is 0 Å². The first kappa shape index (κ1) is 10.2. The lowest BCUT2D eigenvalue weighted by Crippen LogP contribution is -2.08. The van der Waals surface area contributed by atoms with Crippen molar-refractivity contribution in [3.63, 3.8) is 0 Å². The van der Waals surface area contributed by atoms with Crippen molar-refractivity contribution in [1.29, 1.82) is 0 Å². The molecule has 0 aromatic carbocycles. The van der Waals surface area contributed by atoms with Gasteiger partial charge in [-0.25, -0.2) is 0 Å². The third-order valence-corrected chi connectivity index (χ3v) is 2.25. The van der Waals surface area contributed by atoms with Gasteiger partial charge in [0.1, 0.15) is 0 Å². The van der Waals surface area contributed by atoms with Crippen molar-refractivity contribution in [3.05, 3.63) is 11.7 Å². The highest BCUT2D eigenvalue weighted by molar-refractivity contribution is 4.96. The third-order valence-electron chi connectivity index (χ3n) is 2.25. The normalized spacial score (nSPS) is 16.2. The van der Waals surface area contributed by atoms with Crippen molar-refractivity contribution in [2.75, 3.05) is 0 Å². The highest BCUT2D eigenvalue weighted by atomic mass is 16.5. The predicted octanol–water partition coefficient (Wildman–Crippen LogP) is 1.85. The van der Waals surface area contributed by atoms with Crippen molar-refractivity contribution >= 4 is 0 Å². The fourth-order valence-electron chi connectivity index (χ4n) is 0.902. The highest BCUT2D eigenvalue weighted by Crippen LogP contribution is 2.22. The summed E-state index contributed by atoms with van der Waals surface area (Å²) in [7, 11) is 0. The molecule has 1 rings (SSSR count). The van der Waals surface area contributed by atoms with E-state index in [1.807, 2.05) is 6.92 Å². The van der Waals surface area contributed by atoms with Gasteiger partial charge in [0.25, 0.3) is 0 Å². The maximum atomic E-state index is 5.62. The monoisotopic (exact) mass is 183 g/mol. The minimum Gasteiger partial charge on any atom is -0.339 e. The third kappa shape index (κ3) is 2.28. The fraction of sp³-hybridized carbons (Fsp3) is 0.778. The van der Waals surface area contributed by atoms with Crippen LogP contribution in [-0.2, 0) is 0 Å². The molecule has 1 heterocycles. The lowest BCUT2D eigenvalue weighted by molar-refractivity contribution is 0.328. The average Bonchev–Trinajstić information content (AvgIpc) is 2.50. The molecule has 2 atom stereocenters. The van der Waals surface area contributed by atoms with E-state index >= 15 is 0 Å². The van der Waals surface area contributed by atoms with E-state index in [2.05, 4.69) is 30.9 Å². The fourth-order valence-corrected chi connectivity index (χ4v) is 0.902. The predicted molar refractivity (Wildman–Crippen MR) is 50.2 cm³/mol. The van der Waals surface area contributed by atoms with E-state index in [9.17, 15) is 0 Å². The van der Waals surface area contributed by atoms with E-state index in [-0.39, 0.29) is 6.04 Å². The van der Waals surface area contributed by atoms with Crippen LogP contribution in [0.3, 0.4) is 0 Å². The molecule has 0 radical (unpaired) electrons. The smallest absolute Gasteiger partial charge is 0.229 e. The summed E-state index contributed by atoms with van der Waals surface area (Å²) >= 11 is 0. The van der Waals surface area contributed by atoms with Crippen molar-refractivity contribution in [2.24, 2.45) is 11.7 Å². The number of aromatic nitrogens is 2. The number of rotatable bonds is 3. The summed E-state index contributed by atoms with van der Waals surface area (Å²) in [6.45, 7) is 8.17. The molecule has 1 aromatic heterocycles. The Morgan fingerprint density at radius 2 is 1.85 bits per heavy atom. The second-order valence-electron chi connectivity index (χ2n) is 3.81. The molecule has 0 saturated heterocycles. The van der Waals surface area contributed by atoms with E-state index in [1.165, 1.54) is 0 Å². The molecular weight excluding hydrogens is 166 g/mol. The van der Waals surface area contributed by atoms with Gasteiger partial charge >= 0.3 is 0 Å². The molecule has 13 heavy (non-hydrogen) atoms. The SMILES string of the molecule is CC(N)c1noc(C(C)C(C)C)n1. The van der Waals surface area contributed by atoms with Gasteiger partial charge in [0.2, 0.25) is 5.89 Å². The summed E-state index contributed by atoms with van der Waals surface area (Å²) in [5.41, 5.74) is 5.62. The Morgan fingerprint density at radius 3 is 2.23 bits per heavy atom. The Hall–Kier alpha value is -0.900. The summed E-state index contributed by atoms with van der Waals surface area (Å²) in [4.78, 5) is 4.23. The Bertz CT molecular complexity index is 268. The molecule has 0 aliphatic carbocycles. The molecule has 2 unspecified atom stereocenters. The number of hydrogen-bond donors (Lipinski definition) is 1. The van der Waals surface area contributed by atoms with Crippen LogP contribution in [0.4, 0.5) is 0 Å². The Labute approximate surface area is 78.5 Å². The van der Waals surface area contributed by atoms with Crippen LogP contribution in [0.15, 0.2) is 4.52 Å². The summed E-state index contributed by atoms with van der Waals surface area (Å²) in [5, 5.41) is 3.81. The standard InChI is InChI=1S/C9H17N3O/c1-5(2)6(3)9-11-8(7(4)10)12-13-9/h5-7H,10H2,1-4H3. The average molecular weight is 183 g/mol. The van der Waals surface area contributed by atoms with Gasteiger partial charge in [0.15, 0.2) is 5.82 Å². The van der Waals surface area contributed by atoms with Crippen LogP contribution in [0.1, 0.15) is 51.4 Å². The first-order valence-corrected chi connectivity index (χ1v) is 4.61. The van der Waals surface area contributed by atoms with E-state index in [4.69, 9.17) is 10.3 Å². The summed E-state index contributed by atoms with van der Waals surface area (Å²) in [6.07, 6.45) is 0. The molecule has 1 aromatic rings. The molecule has 0 spiro atoms. The zero-order chi connectivity index (χ0) is 10.0. The first-order valence-electron chi connectivity index (χ1n) is 4.61. The number of hydrogen-bond acceptors (Lipinski definition) is 4. The van der Waals surface area contributed by atoms with Gasteiger partial charge in [-0.15, -0.1) is 0 Å². The van der Waals surface area contributed by atoms with E-state index < -0.39 is 0 Å². The topological polar surface area (TPSA) is 64.9 Å². The summed E-state index contributed by atoms with van der Waals surface area (Å²) in [5.74, 6) is 2.06. The summed E-state index contributed by atoms with van der Waals surface area (Å²) < 4.78 is 5.11. The van der Waals surface area contributed by atoms with Crippen molar-refractivity contribution < 1.29 is 4.52 Å². The quantitative estimate of drug-likeness (QED) is 0.776. The molecule has 74 valence electrons. The first-order chi connectivity index (χ1) is 6.02. The van der Waals surface area contributed by atoms with Gasteiger partial charge in [0.05, 0.1) is 6.04 Å². The van der Waals surface area contributed by atoms with Crippen LogP contribution in [0, 0.1) is 5.92 Å². The zero-order valence-electron chi connectivity index (χ0n) is 8.61. The van der Waals surface area contributed by atoms with E-state index in [0.29, 0.717) is 23.6 Å². The Kier molecular flexibility index (Phi) is 3.03. The van der Waals surface area contributed by atoms with E-state index in [1.54, 1.807) is 0 Å². The highest BCUT2D eigenvalue weighted by Gasteiger charge is 2.18. The molecule has 2 N–H and O–H groups in total. The van der Waals surface area contributed by atoms with E-state index in [0.717, 1.165) is 0 Å². The molecule has 4 heteroatoms. The number of nitrogens with two attached hydrogens (primary N) is 1. The molecule has 0 amide bonds. The molecule has 0 saturated carbocycles. The molecule has 4 nitrogen and oxygen atoms in total. The van der Waals surface area contributed by atoms with Crippen molar-refractivity contribution in [3.8, 4) is 0 Å². The minimum absolute atomic E-state index is 0.156. The molecule has 0 aliphatic rings. The van der Waals surface area contributed by atoms with Crippen LogP contribution in [0.5, 0.6) is 0 Å². The molecule has 0 bridgehead atoms.